The van der Waals surface area contributed by atoms with Gasteiger partial charge in [-0.2, -0.15) is 0 Å². The molecule has 0 fully saturated rings. The van der Waals surface area contributed by atoms with Crippen LogP contribution in [0.4, 0.5) is 0 Å². The summed E-state index contributed by atoms with van der Waals surface area (Å²) in [6.07, 6.45) is 0. The minimum Gasteiger partial charge on any atom is -0.0982 e. The topological polar surface area (TPSA) is 0 Å². The third-order valence-electron chi connectivity index (χ3n) is 2.37. The minimum absolute atomic E-state index is 0.466. The van der Waals surface area contributed by atoms with Crippen molar-refractivity contribution in [3.05, 3.63) is 48.0 Å². The second kappa shape index (κ2) is 4.80. The highest BCUT2D eigenvalue weighted by Crippen LogP contribution is 2.27. The van der Waals surface area contributed by atoms with Gasteiger partial charge in [0.25, 0.3) is 0 Å². The molecule has 0 radical (unpaired) electrons. The Morgan fingerprint density at radius 3 is 2.23 bits per heavy atom. The van der Waals surface area contributed by atoms with Crippen LogP contribution < -0.4 is 0 Å². The van der Waals surface area contributed by atoms with Gasteiger partial charge in [-0.05, 0) is 12.5 Å². The Bertz CT molecular complexity index is 274. The molecule has 0 nitrogen and oxygen atoms in total. The summed E-state index contributed by atoms with van der Waals surface area (Å²) in [5, 5.41) is 0. The molecule has 1 aromatic carbocycles. The van der Waals surface area contributed by atoms with Gasteiger partial charge in [0.1, 0.15) is 0 Å². The third-order valence-corrected chi connectivity index (χ3v) is 3.17. The van der Waals surface area contributed by atoms with Crippen LogP contribution in [-0.2, 0) is 0 Å². The van der Waals surface area contributed by atoms with E-state index in [-0.39, 0.29) is 0 Å². The highest BCUT2D eigenvalue weighted by atomic mass is 127. The van der Waals surface area contributed by atoms with E-state index >= 15 is 0 Å². The molecule has 70 valence electrons. The van der Waals surface area contributed by atoms with E-state index in [2.05, 4.69) is 67.3 Å². The average Bonchev–Trinajstić information content (AvgIpc) is 2.17. The van der Waals surface area contributed by atoms with Crippen LogP contribution in [0.2, 0.25) is 0 Å². The van der Waals surface area contributed by atoms with E-state index in [1.807, 2.05) is 6.07 Å². The summed E-state index contributed by atoms with van der Waals surface area (Å²) in [6.45, 7) is 8.52. The molecular weight excluding hydrogens is 271 g/mol. The van der Waals surface area contributed by atoms with Crippen molar-refractivity contribution in [1.82, 2.24) is 0 Å². The number of halogens is 1. The lowest BCUT2D eigenvalue weighted by molar-refractivity contribution is 0.863. The van der Waals surface area contributed by atoms with E-state index in [0.29, 0.717) is 9.84 Å². The number of benzene rings is 1. The molecule has 1 rings (SSSR count). The molecule has 0 aromatic heterocycles. The molecule has 2 atom stereocenters. The van der Waals surface area contributed by atoms with Crippen molar-refractivity contribution in [2.45, 2.75) is 23.7 Å². The summed E-state index contributed by atoms with van der Waals surface area (Å²) < 4.78 is 0.535. The van der Waals surface area contributed by atoms with Crippen molar-refractivity contribution in [3.8, 4) is 0 Å². The Balaban J connectivity index is 2.80. The first-order chi connectivity index (χ1) is 6.13. The van der Waals surface area contributed by atoms with Crippen LogP contribution in [0.25, 0.3) is 0 Å². The highest BCUT2D eigenvalue weighted by molar-refractivity contribution is 14.1. The molecule has 0 aliphatic heterocycles. The molecule has 0 heterocycles. The zero-order valence-corrected chi connectivity index (χ0v) is 10.3. The van der Waals surface area contributed by atoms with Crippen molar-refractivity contribution >= 4 is 22.6 Å². The summed E-state index contributed by atoms with van der Waals surface area (Å²) in [4.78, 5) is 0. The Kier molecular flexibility index (Phi) is 3.97. The number of alkyl halides is 1. The first-order valence-electron chi connectivity index (χ1n) is 4.50. The second-order valence-corrected chi connectivity index (χ2v) is 5.19. The van der Waals surface area contributed by atoms with Crippen LogP contribution in [-0.4, -0.2) is 3.92 Å². The van der Waals surface area contributed by atoms with Crippen LogP contribution in [0.3, 0.4) is 0 Å². The van der Waals surface area contributed by atoms with Crippen LogP contribution in [0.1, 0.15) is 25.3 Å². The lowest BCUT2D eigenvalue weighted by Crippen LogP contribution is -2.04. The van der Waals surface area contributed by atoms with Crippen molar-refractivity contribution in [2.24, 2.45) is 0 Å². The second-order valence-electron chi connectivity index (χ2n) is 3.32. The molecule has 2 unspecified atom stereocenters. The highest BCUT2D eigenvalue weighted by Gasteiger charge is 2.12. The monoisotopic (exact) mass is 286 g/mol. The average molecular weight is 286 g/mol. The molecule has 1 heteroatoms. The molecular formula is C12H15I. The van der Waals surface area contributed by atoms with Gasteiger partial charge in [0.15, 0.2) is 0 Å². The van der Waals surface area contributed by atoms with E-state index in [0.717, 1.165) is 0 Å². The van der Waals surface area contributed by atoms with Crippen molar-refractivity contribution in [1.29, 1.82) is 0 Å². The van der Waals surface area contributed by atoms with E-state index in [1.54, 1.807) is 0 Å². The lowest BCUT2D eigenvalue weighted by Gasteiger charge is -2.17. The largest absolute Gasteiger partial charge is 0.0982 e. The standard InChI is InChI=1S/C12H15I/c1-9(11(3)13)10(2)12-7-5-4-6-8-12/h4-8,10-11H,1H2,2-3H3. The van der Waals surface area contributed by atoms with Gasteiger partial charge in [0.2, 0.25) is 0 Å². The number of hydrogen-bond acceptors (Lipinski definition) is 0. The Hall–Kier alpha value is -0.310. The Morgan fingerprint density at radius 2 is 1.77 bits per heavy atom. The molecule has 0 amide bonds. The van der Waals surface area contributed by atoms with E-state index in [1.165, 1.54) is 11.1 Å². The fourth-order valence-electron chi connectivity index (χ4n) is 1.30. The number of rotatable bonds is 3. The van der Waals surface area contributed by atoms with Gasteiger partial charge in [-0.15, -0.1) is 0 Å². The van der Waals surface area contributed by atoms with Crippen molar-refractivity contribution < 1.29 is 0 Å². The maximum absolute atomic E-state index is 4.12. The smallest absolute Gasteiger partial charge is 0.0293 e. The summed E-state index contributed by atoms with van der Waals surface area (Å²) in [5.74, 6) is 0.466. The molecule has 0 saturated carbocycles. The quantitative estimate of drug-likeness (QED) is 0.444. The van der Waals surface area contributed by atoms with E-state index in [4.69, 9.17) is 0 Å². The van der Waals surface area contributed by atoms with Gasteiger partial charge >= 0.3 is 0 Å². The molecule has 0 N–H and O–H groups in total. The van der Waals surface area contributed by atoms with Gasteiger partial charge in [-0.25, -0.2) is 0 Å². The summed E-state index contributed by atoms with van der Waals surface area (Å²) >= 11 is 2.41. The molecule has 0 bridgehead atoms. The van der Waals surface area contributed by atoms with Crippen LogP contribution in [0.15, 0.2) is 42.5 Å². The number of hydrogen-bond donors (Lipinski definition) is 0. The van der Waals surface area contributed by atoms with Crippen LogP contribution in [0.5, 0.6) is 0 Å². The maximum atomic E-state index is 4.12. The van der Waals surface area contributed by atoms with Gasteiger partial charge in [0, 0.05) is 9.84 Å². The predicted octanol–water partition coefficient (Wildman–Crippen LogP) is 4.17. The fourth-order valence-corrected chi connectivity index (χ4v) is 1.84. The number of allylic oxidation sites excluding steroid dienone is 1. The van der Waals surface area contributed by atoms with Gasteiger partial charge in [0.05, 0.1) is 0 Å². The molecule has 0 spiro atoms. The molecule has 1 aromatic rings. The van der Waals surface area contributed by atoms with Gasteiger partial charge in [-0.3, -0.25) is 0 Å². The first-order valence-corrected chi connectivity index (χ1v) is 5.75. The molecule has 13 heavy (non-hydrogen) atoms. The summed E-state index contributed by atoms with van der Waals surface area (Å²) in [7, 11) is 0. The van der Waals surface area contributed by atoms with Crippen molar-refractivity contribution in [3.63, 3.8) is 0 Å². The fraction of sp³-hybridized carbons (Fsp3) is 0.333. The summed E-state index contributed by atoms with van der Waals surface area (Å²) in [6, 6.07) is 10.5. The van der Waals surface area contributed by atoms with Gasteiger partial charge < -0.3 is 0 Å². The maximum Gasteiger partial charge on any atom is 0.0293 e. The van der Waals surface area contributed by atoms with Crippen LogP contribution in [0, 0.1) is 0 Å². The Labute approximate surface area is 94.2 Å². The molecule has 0 saturated heterocycles. The van der Waals surface area contributed by atoms with Gasteiger partial charge in [-0.1, -0.05) is 72.0 Å². The lowest BCUT2D eigenvalue weighted by atomic mass is 9.93. The predicted molar refractivity (Wildman–Crippen MR) is 67.5 cm³/mol. The SMILES string of the molecule is C=C(C(C)I)C(C)c1ccccc1. The zero-order chi connectivity index (χ0) is 9.84. The molecule has 0 aliphatic carbocycles. The molecule has 0 aliphatic rings. The minimum atomic E-state index is 0.466. The van der Waals surface area contributed by atoms with Crippen LogP contribution >= 0.6 is 22.6 Å². The van der Waals surface area contributed by atoms with E-state index < -0.39 is 0 Å². The van der Waals surface area contributed by atoms with Crippen molar-refractivity contribution in [2.75, 3.05) is 0 Å². The van der Waals surface area contributed by atoms with E-state index in [9.17, 15) is 0 Å². The Morgan fingerprint density at radius 1 is 1.23 bits per heavy atom. The zero-order valence-electron chi connectivity index (χ0n) is 8.13. The third kappa shape index (κ3) is 2.83. The first kappa shape index (κ1) is 10.8. The summed E-state index contributed by atoms with van der Waals surface area (Å²) in [5.41, 5.74) is 2.66. The normalized spacial score (nSPS) is 15.0.